The van der Waals surface area contributed by atoms with E-state index in [4.69, 9.17) is 11.2 Å². The van der Waals surface area contributed by atoms with Crippen molar-refractivity contribution in [3.63, 3.8) is 0 Å². The molecule has 1 aliphatic rings. The van der Waals surface area contributed by atoms with Gasteiger partial charge in [0.2, 0.25) is 0 Å². The van der Waals surface area contributed by atoms with Gasteiger partial charge in [-0.3, -0.25) is 0 Å². The first-order chi connectivity index (χ1) is 9.83. The average molecular weight is 272 g/mol. The fraction of sp³-hybridized carbons (Fsp3) is 0.462. The lowest BCUT2D eigenvalue weighted by atomic mass is 10.3. The molecule has 0 spiro atoms. The zero-order valence-electron chi connectivity index (χ0n) is 11.3. The molecule has 0 unspecified atom stereocenters. The lowest BCUT2D eigenvalue weighted by Gasteiger charge is -2.28. The number of anilines is 1. The van der Waals surface area contributed by atoms with E-state index in [9.17, 15) is 0 Å². The molecular formula is C13H16N6O. The summed E-state index contributed by atoms with van der Waals surface area (Å²) in [5.74, 6) is 3.41. The standard InChI is InChI=1S/C13H16N6O/c1-3-6-19-9-15-10-11(18-7-4-14-5-8-18)16-13(20-2)17-12(10)19/h1,9,14H,4-8H2,2H3. The molecule has 1 N–H and O–H groups in total. The molecule has 1 fully saturated rings. The Labute approximate surface area is 117 Å². The van der Waals surface area contributed by atoms with Crippen molar-refractivity contribution in [1.29, 1.82) is 0 Å². The smallest absolute Gasteiger partial charge is 0.320 e. The van der Waals surface area contributed by atoms with Gasteiger partial charge in [0.25, 0.3) is 0 Å². The Morgan fingerprint density at radius 1 is 1.40 bits per heavy atom. The SMILES string of the molecule is C#CCn1cnc2c(N3CCNCC3)nc(OC)nc21. The number of hydrogen-bond donors (Lipinski definition) is 1. The number of piperazine rings is 1. The number of nitrogens with zero attached hydrogens (tertiary/aromatic N) is 5. The van der Waals surface area contributed by atoms with Crippen molar-refractivity contribution in [2.45, 2.75) is 6.54 Å². The largest absolute Gasteiger partial charge is 0.467 e. The summed E-state index contributed by atoms with van der Waals surface area (Å²) in [7, 11) is 1.56. The molecule has 104 valence electrons. The number of ether oxygens (including phenoxy) is 1. The zero-order chi connectivity index (χ0) is 13.9. The Bertz CT molecular complexity index is 653. The van der Waals surface area contributed by atoms with Crippen molar-refractivity contribution in [3.8, 4) is 18.4 Å². The summed E-state index contributed by atoms with van der Waals surface area (Å²) in [6.45, 7) is 4.06. The van der Waals surface area contributed by atoms with E-state index in [2.05, 4.69) is 31.1 Å². The lowest BCUT2D eigenvalue weighted by Crippen LogP contribution is -2.44. The summed E-state index contributed by atoms with van der Waals surface area (Å²) in [6.07, 6.45) is 7.07. The number of rotatable bonds is 3. The molecule has 0 aromatic carbocycles. The van der Waals surface area contributed by atoms with Crippen molar-refractivity contribution in [2.75, 3.05) is 38.2 Å². The highest BCUT2D eigenvalue weighted by Gasteiger charge is 2.20. The van der Waals surface area contributed by atoms with Crippen LogP contribution in [-0.2, 0) is 6.54 Å². The molecule has 0 atom stereocenters. The number of hydrogen-bond acceptors (Lipinski definition) is 6. The van der Waals surface area contributed by atoms with Gasteiger partial charge in [0, 0.05) is 26.2 Å². The molecule has 3 rings (SSSR count). The number of imidazole rings is 1. The lowest BCUT2D eigenvalue weighted by molar-refractivity contribution is 0.381. The van der Waals surface area contributed by atoms with E-state index in [1.54, 1.807) is 13.4 Å². The van der Waals surface area contributed by atoms with E-state index in [0.717, 1.165) is 37.5 Å². The second-order valence-corrected chi connectivity index (χ2v) is 4.52. The highest BCUT2D eigenvalue weighted by Crippen LogP contribution is 2.25. The topological polar surface area (TPSA) is 68.1 Å². The van der Waals surface area contributed by atoms with Crippen molar-refractivity contribution < 1.29 is 4.74 Å². The van der Waals surface area contributed by atoms with Crippen molar-refractivity contribution in [1.82, 2.24) is 24.8 Å². The molecule has 3 heterocycles. The number of aromatic nitrogens is 4. The van der Waals surface area contributed by atoms with Gasteiger partial charge >= 0.3 is 6.01 Å². The summed E-state index contributed by atoms with van der Waals surface area (Å²) in [6, 6.07) is 0.338. The molecule has 2 aromatic rings. The van der Waals surface area contributed by atoms with Crippen LogP contribution in [0.4, 0.5) is 5.82 Å². The Balaban J connectivity index is 2.12. The van der Waals surface area contributed by atoms with Crippen LogP contribution < -0.4 is 15.0 Å². The number of nitrogens with one attached hydrogen (secondary N) is 1. The quantitative estimate of drug-likeness (QED) is 0.786. The number of fused-ring (bicyclic) bond motifs is 1. The molecular weight excluding hydrogens is 256 g/mol. The van der Waals surface area contributed by atoms with Crippen LogP contribution in [0, 0.1) is 12.3 Å². The van der Waals surface area contributed by atoms with Crippen LogP contribution in [-0.4, -0.2) is 52.8 Å². The predicted molar refractivity (Wildman–Crippen MR) is 75.8 cm³/mol. The summed E-state index contributed by atoms with van der Waals surface area (Å²) in [5.41, 5.74) is 1.48. The Kier molecular flexibility index (Phi) is 3.39. The maximum atomic E-state index is 5.37. The third-order valence-electron chi connectivity index (χ3n) is 3.29. The Morgan fingerprint density at radius 2 is 2.20 bits per heavy atom. The maximum Gasteiger partial charge on any atom is 0.320 e. The second-order valence-electron chi connectivity index (χ2n) is 4.52. The number of methoxy groups -OCH3 is 1. The molecule has 20 heavy (non-hydrogen) atoms. The predicted octanol–water partition coefficient (Wildman–Crippen LogP) is -0.122. The summed E-state index contributed by atoms with van der Waals surface area (Å²) >= 11 is 0. The van der Waals surface area contributed by atoms with E-state index in [1.807, 2.05) is 4.57 Å². The normalized spacial score (nSPS) is 15.3. The van der Waals surface area contributed by atoms with E-state index < -0.39 is 0 Å². The van der Waals surface area contributed by atoms with Crippen LogP contribution in [0.3, 0.4) is 0 Å². The summed E-state index contributed by atoms with van der Waals surface area (Å²) in [4.78, 5) is 15.4. The maximum absolute atomic E-state index is 5.37. The summed E-state index contributed by atoms with van der Waals surface area (Å²) in [5, 5.41) is 3.32. The third kappa shape index (κ3) is 2.14. The molecule has 0 radical (unpaired) electrons. The highest BCUT2D eigenvalue weighted by atomic mass is 16.5. The molecule has 0 aliphatic carbocycles. The first-order valence-electron chi connectivity index (χ1n) is 6.49. The van der Waals surface area contributed by atoms with Crippen LogP contribution >= 0.6 is 0 Å². The van der Waals surface area contributed by atoms with Gasteiger partial charge in [-0.05, 0) is 0 Å². The summed E-state index contributed by atoms with van der Waals surface area (Å²) < 4.78 is 7.02. The van der Waals surface area contributed by atoms with Crippen LogP contribution in [0.2, 0.25) is 0 Å². The Hall–Kier alpha value is -2.33. The van der Waals surface area contributed by atoms with Gasteiger partial charge < -0.3 is 19.5 Å². The fourth-order valence-electron chi connectivity index (χ4n) is 2.31. The van der Waals surface area contributed by atoms with Crippen LogP contribution in [0.1, 0.15) is 0 Å². The van der Waals surface area contributed by atoms with Crippen LogP contribution in [0.25, 0.3) is 11.2 Å². The second kappa shape index (κ2) is 5.35. The minimum absolute atomic E-state index is 0.338. The number of terminal acetylenes is 1. The molecule has 0 amide bonds. The highest BCUT2D eigenvalue weighted by molar-refractivity contribution is 5.84. The van der Waals surface area contributed by atoms with Gasteiger partial charge in [-0.2, -0.15) is 9.97 Å². The molecule has 0 saturated carbocycles. The molecule has 7 heteroatoms. The minimum atomic E-state index is 0.338. The molecule has 1 aliphatic heterocycles. The van der Waals surface area contributed by atoms with Gasteiger partial charge in [0.1, 0.15) is 0 Å². The van der Waals surface area contributed by atoms with E-state index in [1.165, 1.54) is 0 Å². The molecule has 2 aromatic heterocycles. The van der Waals surface area contributed by atoms with Crippen molar-refractivity contribution in [2.24, 2.45) is 0 Å². The third-order valence-corrected chi connectivity index (χ3v) is 3.29. The minimum Gasteiger partial charge on any atom is -0.467 e. The molecule has 1 saturated heterocycles. The van der Waals surface area contributed by atoms with Gasteiger partial charge in [-0.25, -0.2) is 4.98 Å². The average Bonchev–Trinajstić information content (AvgIpc) is 2.91. The monoisotopic (exact) mass is 272 g/mol. The van der Waals surface area contributed by atoms with Gasteiger partial charge in [-0.15, -0.1) is 6.42 Å². The first kappa shape index (κ1) is 12.7. The van der Waals surface area contributed by atoms with Crippen molar-refractivity contribution in [3.05, 3.63) is 6.33 Å². The molecule has 0 bridgehead atoms. The van der Waals surface area contributed by atoms with E-state index in [0.29, 0.717) is 18.2 Å². The van der Waals surface area contributed by atoms with Gasteiger partial charge in [-0.1, -0.05) is 5.92 Å². The van der Waals surface area contributed by atoms with E-state index in [-0.39, 0.29) is 0 Å². The van der Waals surface area contributed by atoms with Gasteiger partial charge in [0.15, 0.2) is 17.0 Å². The zero-order valence-corrected chi connectivity index (χ0v) is 11.3. The van der Waals surface area contributed by atoms with E-state index >= 15 is 0 Å². The Morgan fingerprint density at radius 3 is 2.90 bits per heavy atom. The van der Waals surface area contributed by atoms with Crippen LogP contribution in [0.15, 0.2) is 6.33 Å². The first-order valence-corrected chi connectivity index (χ1v) is 6.49. The van der Waals surface area contributed by atoms with Crippen molar-refractivity contribution >= 4 is 17.0 Å². The van der Waals surface area contributed by atoms with Gasteiger partial charge in [0.05, 0.1) is 20.0 Å². The molecule has 7 nitrogen and oxygen atoms in total. The fourth-order valence-corrected chi connectivity index (χ4v) is 2.31. The van der Waals surface area contributed by atoms with Crippen LogP contribution in [0.5, 0.6) is 6.01 Å².